The van der Waals surface area contributed by atoms with Gasteiger partial charge in [0.05, 0.1) is 17.1 Å². The number of para-hydroxylation sites is 1. The zero-order valence-electron chi connectivity index (χ0n) is 12.7. The number of ether oxygens (including phenoxy) is 1. The number of nitrogens with zero attached hydrogens (tertiary/aromatic N) is 1. The fraction of sp³-hybridized carbons (Fsp3) is 0.412. The number of thiazole rings is 1. The Balaban J connectivity index is 1.44. The van der Waals surface area contributed by atoms with E-state index in [0.29, 0.717) is 13.2 Å². The second kappa shape index (κ2) is 6.92. The third-order valence-electron chi connectivity index (χ3n) is 3.97. The average molecular weight is 316 g/mol. The Kier molecular flexibility index (Phi) is 4.73. The maximum atomic E-state index is 12.2. The molecule has 0 radical (unpaired) electrons. The van der Waals surface area contributed by atoms with Crippen molar-refractivity contribution in [3.05, 3.63) is 45.9 Å². The average Bonchev–Trinajstić information content (AvgIpc) is 2.96. The van der Waals surface area contributed by atoms with Gasteiger partial charge in [-0.05, 0) is 37.8 Å². The van der Waals surface area contributed by atoms with Crippen LogP contribution in [0.3, 0.4) is 0 Å². The molecule has 1 amide bonds. The van der Waals surface area contributed by atoms with Crippen molar-refractivity contribution in [2.24, 2.45) is 5.92 Å². The molecule has 3 rings (SSSR count). The number of aryl methyl sites for hydroxylation is 2. The van der Waals surface area contributed by atoms with Gasteiger partial charge in [-0.3, -0.25) is 4.79 Å². The molecule has 0 bridgehead atoms. The summed E-state index contributed by atoms with van der Waals surface area (Å²) in [6, 6.07) is 7.93. The molecule has 1 atom stereocenters. The zero-order chi connectivity index (χ0) is 15.4. The number of carbonyl (C=O) groups is 1. The normalized spacial score (nSPS) is 16.7. The molecule has 22 heavy (non-hydrogen) atoms. The molecule has 0 saturated heterocycles. The van der Waals surface area contributed by atoms with Gasteiger partial charge in [-0.15, -0.1) is 11.3 Å². The summed E-state index contributed by atoms with van der Waals surface area (Å²) in [7, 11) is 0. The largest absolute Gasteiger partial charge is 0.492 e. The summed E-state index contributed by atoms with van der Waals surface area (Å²) < 4.78 is 5.67. The first-order valence-electron chi connectivity index (χ1n) is 7.61. The molecule has 2 aromatic rings. The van der Waals surface area contributed by atoms with Gasteiger partial charge in [0, 0.05) is 11.4 Å². The van der Waals surface area contributed by atoms with Crippen molar-refractivity contribution >= 4 is 17.2 Å². The van der Waals surface area contributed by atoms with Gasteiger partial charge in [-0.1, -0.05) is 18.2 Å². The molecule has 1 aliphatic rings. The van der Waals surface area contributed by atoms with Crippen LogP contribution in [-0.2, 0) is 17.6 Å². The van der Waals surface area contributed by atoms with E-state index in [1.54, 1.807) is 11.3 Å². The van der Waals surface area contributed by atoms with Crippen molar-refractivity contribution in [3.63, 3.8) is 0 Å². The summed E-state index contributed by atoms with van der Waals surface area (Å²) >= 11 is 1.68. The molecule has 5 heteroatoms. The lowest BCUT2D eigenvalue weighted by molar-refractivity contribution is -0.126. The van der Waals surface area contributed by atoms with E-state index >= 15 is 0 Å². The van der Waals surface area contributed by atoms with Crippen molar-refractivity contribution in [2.75, 3.05) is 13.2 Å². The first-order valence-corrected chi connectivity index (χ1v) is 8.49. The summed E-state index contributed by atoms with van der Waals surface area (Å²) in [6.45, 7) is 3.20. The lowest BCUT2D eigenvalue weighted by Crippen LogP contribution is -2.37. The van der Waals surface area contributed by atoms with Crippen molar-refractivity contribution in [1.82, 2.24) is 10.3 Å². The highest BCUT2D eigenvalue weighted by Crippen LogP contribution is 2.26. The van der Waals surface area contributed by atoms with Crippen LogP contribution in [0.5, 0.6) is 5.75 Å². The Labute approximate surface area is 134 Å². The van der Waals surface area contributed by atoms with Crippen molar-refractivity contribution in [1.29, 1.82) is 0 Å². The first-order chi connectivity index (χ1) is 10.7. The van der Waals surface area contributed by atoms with Crippen molar-refractivity contribution < 1.29 is 9.53 Å². The summed E-state index contributed by atoms with van der Waals surface area (Å²) in [5, 5.41) is 3.03. The van der Waals surface area contributed by atoms with Crippen LogP contribution in [0.2, 0.25) is 0 Å². The minimum absolute atomic E-state index is 0.0833. The number of hydrogen-bond donors (Lipinski definition) is 1. The van der Waals surface area contributed by atoms with Gasteiger partial charge in [-0.25, -0.2) is 4.98 Å². The molecule has 0 spiro atoms. The fourth-order valence-corrected chi connectivity index (χ4v) is 3.49. The van der Waals surface area contributed by atoms with E-state index in [1.807, 2.05) is 36.7 Å². The van der Waals surface area contributed by atoms with E-state index in [9.17, 15) is 4.79 Å². The third kappa shape index (κ3) is 3.47. The number of amides is 1. The lowest BCUT2D eigenvalue weighted by Gasteiger charge is -2.24. The summed E-state index contributed by atoms with van der Waals surface area (Å²) in [5.74, 6) is 0.919. The van der Waals surface area contributed by atoms with E-state index in [-0.39, 0.29) is 11.8 Å². The van der Waals surface area contributed by atoms with Crippen LogP contribution in [0.25, 0.3) is 0 Å². The van der Waals surface area contributed by atoms with Crippen LogP contribution in [0.4, 0.5) is 0 Å². The molecule has 0 fully saturated rings. The summed E-state index contributed by atoms with van der Waals surface area (Å²) in [6.07, 6.45) is 2.68. The predicted octanol–water partition coefficient (Wildman–Crippen LogP) is 2.75. The molecule has 0 unspecified atom stereocenters. The smallest absolute Gasteiger partial charge is 0.226 e. The molecular formula is C17H20N2O2S. The van der Waals surface area contributed by atoms with Gasteiger partial charge in [0.25, 0.3) is 0 Å². The Morgan fingerprint density at radius 2 is 2.32 bits per heavy atom. The Morgan fingerprint density at radius 3 is 3.14 bits per heavy atom. The molecule has 1 N–H and O–H groups in total. The Bertz CT molecular complexity index is 654. The van der Waals surface area contributed by atoms with E-state index in [0.717, 1.165) is 36.3 Å². The number of aromatic nitrogens is 1. The number of benzene rings is 1. The highest BCUT2D eigenvalue weighted by Gasteiger charge is 2.25. The van der Waals surface area contributed by atoms with Gasteiger partial charge in [0.2, 0.25) is 5.91 Å². The number of carbonyl (C=O) groups excluding carboxylic acids is 1. The monoisotopic (exact) mass is 316 g/mol. The zero-order valence-corrected chi connectivity index (χ0v) is 13.5. The highest BCUT2D eigenvalue weighted by atomic mass is 32.1. The quantitative estimate of drug-likeness (QED) is 0.863. The molecular weight excluding hydrogens is 296 g/mol. The molecule has 2 heterocycles. The summed E-state index contributed by atoms with van der Waals surface area (Å²) in [4.78, 5) is 17.8. The standard InChI is InChI=1S/C17H20N2O2S/c1-12-16(22-11-19-12)7-4-8-18-17(20)14-9-13-5-2-3-6-15(13)21-10-14/h2-3,5-6,11,14H,4,7-10H2,1H3,(H,18,20)/t14-/m0/s1. The third-order valence-corrected chi connectivity index (χ3v) is 4.97. The Morgan fingerprint density at radius 1 is 1.45 bits per heavy atom. The SMILES string of the molecule is Cc1ncsc1CCCNC(=O)[C@@H]1COc2ccccc2C1. The van der Waals surface area contributed by atoms with Crippen LogP contribution in [0, 0.1) is 12.8 Å². The molecule has 0 aliphatic carbocycles. The number of nitrogens with one attached hydrogen (secondary N) is 1. The summed E-state index contributed by atoms with van der Waals surface area (Å²) in [5.41, 5.74) is 4.10. The maximum Gasteiger partial charge on any atom is 0.226 e. The van der Waals surface area contributed by atoms with E-state index in [1.165, 1.54) is 4.88 Å². The van der Waals surface area contributed by atoms with Gasteiger partial charge < -0.3 is 10.1 Å². The van der Waals surface area contributed by atoms with E-state index in [4.69, 9.17) is 4.74 Å². The second-order valence-corrected chi connectivity index (χ2v) is 6.51. The molecule has 1 aromatic heterocycles. The van der Waals surface area contributed by atoms with Gasteiger partial charge in [-0.2, -0.15) is 0 Å². The highest BCUT2D eigenvalue weighted by molar-refractivity contribution is 7.09. The number of rotatable bonds is 5. The molecule has 4 nitrogen and oxygen atoms in total. The van der Waals surface area contributed by atoms with Crippen LogP contribution in [-0.4, -0.2) is 24.0 Å². The predicted molar refractivity (Wildman–Crippen MR) is 87.3 cm³/mol. The first kappa shape index (κ1) is 15.0. The van der Waals surface area contributed by atoms with Crippen LogP contribution >= 0.6 is 11.3 Å². The van der Waals surface area contributed by atoms with E-state index in [2.05, 4.69) is 10.3 Å². The minimum Gasteiger partial charge on any atom is -0.492 e. The maximum absolute atomic E-state index is 12.2. The topological polar surface area (TPSA) is 51.2 Å². The van der Waals surface area contributed by atoms with Crippen LogP contribution < -0.4 is 10.1 Å². The van der Waals surface area contributed by atoms with Gasteiger partial charge in [0.1, 0.15) is 12.4 Å². The van der Waals surface area contributed by atoms with Crippen LogP contribution in [0.1, 0.15) is 22.6 Å². The minimum atomic E-state index is -0.0833. The number of fused-ring (bicyclic) bond motifs is 1. The molecule has 1 aromatic carbocycles. The van der Waals surface area contributed by atoms with Gasteiger partial charge in [0.15, 0.2) is 0 Å². The Hall–Kier alpha value is -1.88. The van der Waals surface area contributed by atoms with Crippen molar-refractivity contribution in [2.45, 2.75) is 26.2 Å². The van der Waals surface area contributed by atoms with Crippen molar-refractivity contribution in [3.8, 4) is 5.75 Å². The van der Waals surface area contributed by atoms with Gasteiger partial charge >= 0.3 is 0 Å². The lowest BCUT2D eigenvalue weighted by atomic mass is 9.96. The molecule has 1 aliphatic heterocycles. The second-order valence-electron chi connectivity index (χ2n) is 5.58. The van der Waals surface area contributed by atoms with Crippen LogP contribution in [0.15, 0.2) is 29.8 Å². The molecule has 0 saturated carbocycles. The number of hydrogen-bond acceptors (Lipinski definition) is 4. The fourth-order valence-electron chi connectivity index (χ4n) is 2.67. The van der Waals surface area contributed by atoms with E-state index < -0.39 is 0 Å². The molecule has 116 valence electrons.